The molecule has 1 amide bonds. The normalized spacial score (nSPS) is 10.3. The molecule has 6 heteroatoms. The van der Waals surface area contributed by atoms with Crippen LogP contribution in [-0.2, 0) is 0 Å². The number of carbonyl (C=O) groups is 1. The number of hydrogen-bond donors (Lipinski definition) is 1. The summed E-state index contributed by atoms with van der Waals surface area (Å²) in [5.41, 5.74) is 2.54. The van der Waals surface area contributed by atoms with Crippen molar-refractivity contribution >= 4 is 11.6 Å². The Labute approximate surface area is 133 Å². The Kier molecular flexibility index (Phi) is 4.05. The Hall–Kier alpha value is -3.15. The summed E-state index contributed by atoms with van der Waals surface area (Å²) in [5, 5.41) is 6.59. The lowest BCUT2D eigenvalue weighted by atomic mass is 10.2. The summed E-state index contributed by atoms with van der Waals surface area (Å²) in [6.07, 6.45) is 3.31. The Morgan fingerprint density at radius 3 is 2.87 bits per heavy atom. The van der Waals surface area contributed by atoms with E-state index < -0.39 is 0 Å². The third-order valence-electron chi connectivity index (χ3n) is 3.29. The van der Waals surface area contributed by atoms with Crippen LogP contribution in [0.5, 0.6) is 5.75 Å². The molecule has 0 aliphatic carbocycles. The van der Waals surface area contributed by atoms with E-state index in [4.69, 9.17) is 9.26 Å². The second kappa shape index (κ2) is 6.31. The standard InChI is InChI=1S/C17H15N3O3/c1-11-5-6-15(22-2)13(8-11)19-17(21)14-9-16(23-20-14)12-4-3-7-18-10-12/h3-10H,1-2H3,(H,19,21). The minimum Gasteiger partial charge on any atom is -0.495 e. The van der Waals surface area contributed by atoms with Crippen molar-refractivity contribution in [2.45, 2.75) is 6.92 Å². The number of aryl methyl sites for hydroxylation is 1. The fraction of sp³-hybridized carbons (Fsp3) is 0.118. The molecular weight excluding hydrogens is 294 g/mol. The molecule has 116 valence electrons. The number of ether oxygens (including phenoxy) is 1. The van der Waals surface area contributed by atoms with Crippen molar-refractivity contribution in [3.05, 3.63) is 60.0 Å². The average Bonchev–Trinajstić information content (AvgIpc) is 3.06. The molecule has 1 N–H and O–H groups in total. The van der Waals surface area contributed by atoms with Gasteiger partial charge in [-0.25, -0.2) is 0 Å². The molecule has 2 aromatic heterocycles. The molecule has 0 saturated heterocycles. The van der Waals surface area contributed by atoms with Crippen molar-refractivity contribution in [3.63, 3.8) is 0 Å². The van der Waals surface area contributed by atoms with Gasteiger partial charge in [0.25, 0.3) is 5.91 Å². The molecule has 0 aliphatic rings. The number of hydrogen-bond acceptors (Lipinski definition) is 5. The van der Waals surface area contributed by atoms with Crippen molar-refractivity contribution in [2.75, 3.05) is 12.4 Å². The zero-order chi connectivity index (χ0) is 16.2. The maximum Gasteiger partial charge on any atom is 0.277 e. The molecule has 1 aromatic carbocycles. The fourth-order valence-electron chi connectivity index (χ4n) is 2.13. The second-order valence-corrected chi connectivity index (χ2v) is 4.98. The molecule has 0 aliphatic heterocycles. The molecule has 0 bridgehead atoms. The lowest BCUT2D eigenvalue weighted by molar-refractivity contribution is 0.101. The third kappa shape index (κ3) is 3.21. The van der Waals surface area contributed by atoms with E-state index in [9.17, 15) is 4.79 Å². The minimum atomic E-state index is -0.368. The number of amides is 1. The lowest BCUT2D eigenvalue weighted by Crippen LogP contribution is -2.13. The maximum atomic E-state index is 12.3. The van der Waals surface area contributed by atoms with Gasteiger partial charge in [0.1, 0.15) is 5.75 Å². The largest absolute Gasteiger partial charge is 0.495 e. The van der Waals surface area contributed by atoms with Crippen LogP contribution in [0, 0.1) is 6.92 Å². The summed E-state index contributed by atoms with van der Waals surface area (Å²) < 4.78 is 10.5. The minimum absolute atomic E-state index is 0.187. The molecule has 2 heterocycles. The van der Waals surface area contributed by atoms with Crippen molar-refractivity contribution < 1.29 is 14.1 Å². The monoisotopic (exact) mass is 309 g/mol. The molecule has 3 aromatic rings. The SMILES string of the molecule is COc1ccc(C)cc1NC(=O)c1cc(-c2cccnc2)on1. The van der Waals surface area contributed by atoms with Crippen molar-refractivity contribution in [3.8, 4) is 17.1 Å². The predicted molar refractivity (Wildman–Crippen MR) is 85.4 cm³/mol. The zero-order valence-electron chi connectivity index (χ0n) is 12.7. The predicted octanol–water partition coefficient (Wildman–Crippen LogP) is 3.31. The van der Waals surface area contributed by atoms with Gasteiger partial charge in [-0.2, -0.15) is 0 Å². The number of nitrogens with one attached hydrogen (secondary N) is 1. The van der Waals surface area contributed by atoms with Gasteiger partial charge >= 0.3 is 0 Å². The molecule has 0 spiro atoms. The van der Waals surface area contributed by atoms with E-state index in [1.54, 1.807) is 37.7 Å². The van der Waals surface area contributed by atoms with E-state index in [0.29, 0.717) is 17.2 Å². The number of carbonyl (C=O) groups excluding carboxylic acids is 1. The van der Waals surface area contributed by atoms with Crippen LogP contribution in [0.2, 0.25) is 0 Å². The first-order chi connectivity index (χ1) is 11.2. The number of pyridine rings is 1. The molecule has 0 fully saturated rings. The van der Waals surface area contributed by atoms with Gasteiger partial charge in [-0.15, -0.1) is 0 Å². The molecule has 3 rings (SSSR count). The highest BCUT2D eigenvalue weighted by Crippen LogP contribution is 2.26. The first-order valence-electron chi connectivity index (χ1n) is 7.00. The van der Waals surface area contributed by atoms with Crippen LogP contribution in [-0.4, -0.2) is 23.2 Å². The molecule has 0 radical (unpaired) electrons. The van der Waals surface area contributed by atoms with Crippen LogP contribution in [0.1, 0.15) is 16.1 Å². The van der Waals surface area contributed by atoms with Crippen LogP contribution in [0.4, 0.5) is 5.69 Å². The highest BCUT2D eigenvalue weighted by atomic mass is 16.5. The average molecular weight is 309 g/mol. The summed E-state index contributed by atoms with van der Waals surface area (Å²) in [5.74, 6) is 0.701. The highest BCUT2D eigenvalue weighted by molar-refractivity contribution is 6.04. The first-order valence-corrected chi connectivity index (χ1v) is 7.00. The summed E-state index contributed by atoms with van der Waals surface area (Å²) in [6.45, 7) is 1.94. The van der Waals surface area contributed by atoms with Crippen LogP contribution in [0.3, 0.4) is 0 Å². The van der Waals surface area contributed by atoms with Gasteiger partial charge in [0.2, 0.25) is 0 Å². The number of nitrogens with zero attached hydrogens (tertiary/aromatic N) is 2. The van der Waals surface area contributed by atoms with Gasteiger partial charge in [0.05, 0.1) is 12.8 Å². The molecule has 6 nitrogen and oxygen atoms in total. The van der Waals surface area contributed by atoms with E-state index in [1.165, 1.54) is 0 Å². The summed E-state index contributed by atoms with van der Waals surface area (Å²) in [7, 11) is 1.55. The van der Waals surface area contributed by atoms with Crippen molar-refractivity contribution in [1.82, 2.24) is 10.1 Å². The molecule has 0 unspecified atom stereocenters. The Morgan fingerprint density at radius 1 is 1.26 bits per heavy atom. The summed E-state index contributed by atoms with van der Waals surface area (Å²) in [4.78, 5) is 16.3. The van der Waals surface area contributed by atoms with E-state index >= 15 is 0 Å². The quantitative estimate of drug-likeness (QED) is 0.800. The smallest absolute Gasteiger partial charge is 0.277 e. The number of anilines is 1. The highest BCUT2D eigenvalue weighted by Gasteiger charge is 2.15. The van der Waals surface area contributed by atoms with Crippen LogP contribution in [0.15, 0.2) is 53.3 Å². The number of benzene rings is 1. The Bertz CT molecular complexity index is 828. The molecular formula is C17H15N3O3. The van der Waals surface area contributed by atoms with Crippen LogP contribution < -0.4 is 10.1 Å². The Balaban J connectivity index is 1.82. The zero-order valence-corrected chi connectivity index (χ0v) is 12.7. The van der Waals surface area contributed by atoms with Gasteiger partial charge < -0.3 is 14.6 Å². The Morgan fingerprint density at radius 2 is 2.13 bits per heavy atom. The summed E-state index contributed by atoms with van der Waals surface area (Å²) in [6, 6.07) is 10.7. The summed E-state index contributed by atoms with van der Waals surface area (Å²) >= 11 is 0. The van der Waals surface area contributed by atoms with Crippen LogP contribution in [0.25, 0.3) is 11.3 Å². The topological polar surface area (TPSA) is 77.2 Å². The van der Waals surface area contributed by atoms with Gasteiger partial charge in [-0.1, -0.05) is 11.2 Å². The van der Waals surface area contributed by atoms with Gasteiger partial charge in [0, 0.05) is 24.0 Å². The fourth-order valence-corrected chi connectivity index (χ4v) is 2.13. The molecule has 0 atom stereocenters. The van der Waals surface area contributed by atoms with Gasteiger partial charge in [-0.05, 0) is 36.8 Å². The van der Waals surface area contributed by atoms with E-state index in [2.05, 4.69) is 15.5 Å². The maximum absolute atomic E-state index is 12.3. The lowest BCUT2D eigenvalue weighted by Gasteiger charge is -2.09. The second-order valence-electron chi connectivity index (χ2n) is 4.98. The van der Waals surface area contributed by atoms with Crippen LogP contribution >= 0.6 is 0 Å². The van der Waals surface area contributed by atoms with E-state index in [1.807, 2.05) is 25.1 Å². The van der Waals surface area contributed by atoms with E-state index in [-0.39, 0.29) is 11.6 Å². The molecule has 23 heavy (non-hydrogen) atoms. The number of methoxy groups -OCH3 is 1. The van der Waals surface area contributed by atoms with Gasteiger partial charge in [0.15, 0.2) is 11.5 Å². The van der Waals surface area contributed by atoms with Crippen molar-refractivity contribution in [1.29, 1.82) is 0 Å². The first kappa shape index (κ1) is 14.8. The van der Waals surface area contributed by atoms with E-state index in [0.717, 1.165) is 11.1 Å². The molecule has 0 saturated carbocycles. The number of aromatic nitrogens is 2. The van der Waals surface area contributed by atoms with Crippen molar-refractivity contribution in [2.24, 2.45) is 0 Å². The third-order valence-corrected chi connectivity index (χ3v) is 3.29. The number of rotatable bonds is 4. The van der Waals surface area contributed by atoms with Gasteiger partial charge in [-0.3, -0.25) is 9.78 Å².